The standard InChI is InChI=1S/C25H24ClN3O4/c1-32-23-14-20(11-12-22(23)33-16-17-7-9-19(26)10-8-17)27-28-25(31)18-13-24(30)29(15-18)21-5-3-2-4-6-21/h2-12,14,18,27H,13,15-16H2,1H3,(H,28,31)/t18-/m0/s1. The van der Waals surface area contributed by atoms with E-state index < -0.39 is 5.92 Å². The Morgan fingerprint density at radius 3 is 2.55 bits per heavy atom. The van der Waals surface area contributed by atoms with E-state index in [0.29, 0.717) is 35.4 Å². The molecule has 0 aromatic heterocycles. The molecule has 2 amide bonds. The van der Waals surface area contributed by atoms with Crippen molar-refractivity contribution in [3.05, 3.63) is 83.4 Å². The van der Waals surface area contributed by atoms with Crippen LogP contribution in [-0.4, -0.2) is 25.5 Å². The van der Waals surface area contributed by atoms with E-state index in [-0.39, 0.29) is 18.2 Å². The van der Waals surface area contributed by atoms with Crippen molar-refractivity contribution in [2.75, 3.05) is 24.0 Å². The van der Waals surface area contributed by atoms with E-state index in [2.05, 4.69) is 10.9 Å². The van der Waals surface area contributed by atoms with Crippen LogP contribution in [0.2, 0.25) is 5.02 Å². The second-order valence-corrected chi connectivity index (χ2v) is 8.07. The number of nitrogens with zero attached hydrogens (tertiary/aromatic N) is 1. The van der Waals surface area contributed by atoms with E-state index in [4.69, 9.17) is 21.1 Å². The van der Waals surface area contributed by atoms with Crippen molar-refractivity contribution in [2.24, 2.45) is 5.92 Å². The quantitative estimate of drug-likeness (QED) is 0.481. The molecule has 1 saturated heterocycles. The summed E-state index contributed by atoms with van der Waals surface area (Å²) in [6.07, 6.45) is 0.170. The number of carbonyl (C=O) groups excluding carboxylic acids is 2. The zero-order chi connectivity index (χ0) is 23.2. The summed E-state index contributed by atoms with van der Waals surface area (Å²) in [4.78, 5) is 26.6. The summed E-state index contributed by atoms with van der Waals surface area (Å²) < 4.78 is 11.3. The van der Waals surface area contributed by atoms with Gasteiger partial charge in [-0.2, -0.15) is 0 Å². The number of methoxy groups -OCH3 is 1. The molecule has 8 heteroatoms. The fourth-order valence-electron chi connectivity index (χ4n) is 3.58. The summed E-state index contributed by atoms with van der Waals surface area (Å²) in [6.45, 7) is 0.710. The first-order chi connectivity index (χ1) is 16.0. The number of hydrogen-bond donors (Lipinski definition) is 2. The first-order valence-corrected chi connectivity index (χ1v) is 10.9. The van der Waals surface area contributed by atoms with Gasteiger partial charge in [-0.25, -0.2) is 0 Å². The van der Waals surface area contributed by atoms with Crippen molar-refractivity contribution in [1.29, 1.82) is 0 Å². The Labute approximate surface area is 197 Å². The molecule has 1 heterocycles. The van der Waals surface area contributed by atoms with E-state index in [1.165, 1.54) is 0 Å². The number of rotatable bonds is 8. The fourth-order valence-corrected chi connectivity index (χ4v) is 3.71. The van der Waals surface area contributed by atoms with E-state index in [1.54, 1.807) is 30.2 Å². The van der Waals surface area contributed by atoms with Gasteiger partial charge in [0.15, 0.2) is 11.5 Å². The topological polar surface area (TPSA) is 79.9 Å². The maximum Gasteiger partial charge on any atom is 0.243 e. The van der Waals surface area contributed by atoms with Crippen LogP contribution in [0.1, 0.15) is 12.0 Å². The number of halogens is 1. The fraction of sp³-hybridized carbons (Fsp3) is 0.200. The first-order valence-electron chi connectivity index (χ1n) is 10.5. The summed E-state index contributed by atoms with van der Waals surface area (Å²) >= 11 is 5.91. The summed E-state index contributed by atoms with van der Waals surface area (Å²) in [5, 5.41) is 0.670. The van der Waals surface area contributed by atoms with Gasteiger partial charge in [0.1, 0.15) is 6.61 Å². The molecule has 1 fully saturated rings. The Balaban J connectivity index is 1.33. The Morgan fingerprint density at radius 1 is 1.06 bits per heavy atom. The molecule has 0 bridgehead atoms. The van der Waals surface area contributed by atoms with Crippen molar-refractivity contribution >= 4 is 34.8 Å². The largest absolute Gasteiger partial charge is 0.493 e. The highest BCUT2D eigenvalue weighted by molar-refractivity contribution is 6.30. The number of amides is 2. The third-order valence-corrected chi connectivity index (χ3v) is 5.62. The lowest BCUT2D eigenvalue weighted by atomic mass is 10.1. The number of ether oxygens (including phenoxy) is 2. The summed E-state index contributed by atoms with van der Waals surface area (Å²) in [5.74, 6) is 0.349. The number of hydrazine groups is 1. The number of para-hydroxylation sites is 1. The number of anilines is 2. The Bertz CT molecular complexity index is 1120. The molecule has 33 heavy (non-hydrogen) atoms. The van der Waals surface area contributed by atoms with Crippen LogP contribution in [0.25, 0.3) is 0 Å². The number of carbonyl (C=O) groups is 2. The third-order valence-electron chi connectivity index (χ3n) is 5.36. The molecule has 0 aliphatic carbocycles. The SMILES string of the molecule is COc1cc(NNC(=O)[C@H]2CC(=O)N(c3ccccc3)C2)ccc1OCc1ccc(Cl)cc1. The molecule has 0 radical (unpaired) electrons. The maximum atomic E-state index is 12.6. The van der Waals surface area contributed by atoms with E-state index >= 15 is 0 Å². The normalized spacial score (nSPS) is 15.3. The lowest BCUT2D eigenvalue weighted by Crippen LogP contribution is -2.36. The van der Waals surface area contributed by atoms with Gasteiger partial charge in [0.2, 0.25) is 11.8 Å². The molecular weight excluding hydrogens is 442 g/mol. The molecule has 2 N–H and O–H groups in total. The number of benzene rings is 3. The molecule has 170 valence electrons. The van der Waals surface area contributed by atoms with Gasteiger partial charge in [0.05, 0.1) is 18.7 Å². The molecule has 1 aliphatic heterocycles. The lowest BCUT2D eigenvalue weighted by Gasteiger charge is -2.17. The molecule has 1 aliphatic rings. The van der Waals surface area contributed by atoms with Gasteiger partial charge in [0.25, 0.3) is 0 Å². The zero-order valence-electron chi connectivity index (χ0n) is 18.1. The van der Waals surface area contributed by atoms with Gasteiger partial charge in [0, 0.05) is 29.7 Å². The van der Waals surface area contributed by atoms with E-state index in [9.17, 15) is 9.59 Å². The first kappa shape index (κ1) is 22.5. The van der Waals surface area contributed by atoms with Crippen LogP contribution in [0.15, 0.2) is 72.8 Å². The second kappa shape index (κ2) is 10.3. The number of nitrogens with one attached hydrogen (secondary N) is 2. The molecular formula is C25H24ClN3O4. The minimum Gasteiger partial charge on any atom is -0.493 e. The molecule has 0 unspecified atom stereocenters. The van der Waals surface area contributed by atoms with Crippen molar-refractivity contribution in [1.82, 2.24) is 5.43 Å². The Morgan fingerprint density at radius 2 is 1.82 bits per heavy atom. The average Bonchev–Trinajstić information content (AvgIpc) is 3.24. The monoisotopic (exact) mass is 465 g/mol. The summed E-state index contributed by atoms with van der Waals surface area (Å²) in [5.41, 5.74) is 7.99. The molecule has 1 atom stereocenters. The molecule has 3 aromatic rings. The minimum atomic E-state index is -0.436. The predicted molar refractivity (Wildman–Crippen MR) is 127 cm³/mol. The van der Waals surface area contributed by atoms with Crippen molar-refractivity contribution in [3.8, 4) is 11.5 Å². The van der Waals surface area contributed by atoms with Crippen LogP contribution in [0, 0.1) is 5.92 Å². The second-order valence-electron chi connectivity index (χ2n) is 7.64. The van der Waals surface area contributed by atoms with Crippen molar-refractivity contribution in [3.63, 3.8) is 0 Å². The van der Waals surface area contributed by atoms with E-state index in [0.717, 1.165) is 11.3 Å². The molecule has 4 rings (SSSR count). The molecule has 7 nitrogen and oxygen atoms in total. The molecule has 0 spiro atoms. The number of hydrogen-bond acceptors (Lipinski definition) is 5. The summed E-state index contributed by atoms with van der Waals surface area (Å²) in [7, 11) is 1.55. The lowest BCUT2D eigenvalue weighted by molar-refractivity contribution is -0.125. The van der Waals surface area contributed by atoms with Gasteiger partial charge in [-0.15, -0.1) is 0 Å². The van der Waals surface area contributed by atoms with Crippen LogP contribution in [0.5, 0.6) is 11.5 Å². The van der Waals surface area contributed by atoms with Crippen LogP contribution in [-0.2, 0) is 16.2 Å². The Kier molecular flexibility index (Phi) is 7.00. The van der Waals surface area contributed by atoms with Crippen LogP contribution < -0.4 is 25.2 Å². The smallest absolute Gasteiger partial charge is 0.243 e. The molecule has 0 saturated carbocycles. The van der Waals surface area contributed by atoms with Gasteiger partial charge in [-0.3, -0.25) is 20.4 Å². The van der Waals surface area contributed by atoms with Gasteiger partial charge in [-0.05, 0) is 42.0 Å². The van der Waals surface area contributed by atoms with Gasteiger partial charge < -0.3 is 14.4 Å². The van der Waals surface area contributed by atoms with Crippen LogP contribution in [0.3, 0.4) is 0 Å². The average molecular weight is 466 g/mol. The van der Waals surface area contributed by atoms with Gasteiger partial charge in [-0.1, -0.05) is 41.9 Å². The predicted octanol–water partition coefficient (Wildman–Crippen LogP) is 4.42. The summed E-state index contributed by atoms with van der Waals surface area (Å²) in [6, 6.07) is 22.0. The Hall–Kier alpha value is -3.71. The minimum absolute atomic E-state index is 0.0646. The third kappa shape index (κ3) is 5.56. The highest BCUT2D eigenvalue weighted by Crippen LogP contribution is 2.31. The zero-order valence-corrected chi connectivity index (χ0v) is 18.8. The van der Waals surface area contributed by atoms with Crippen molar-refractivity contribution < 1.29 is 19.1 Å². The van der Waals surface area contributed by atoms with Crippen LogP contribution in [0.4, 0.5) is 11.4 Å². The molecule has 3 aromatic carbocycles. The van der Waals surface area contributed by atoms with E-state index in [1.807, 2.05) is 54.6 Å². The highest BCUT2D eigenvalue weighted by atomic mass is 35.5. The maximum absolute atomic E-state index is 12.6. The van der Waals surface area contributed by atoms with Crippen molar-refractivity contribution in [2.45, 2.75) is 13.0 Å². The highest BCUT2D eigenvalue weighted by Gasteiger charge is 2.35. The van der Waals surface area contributed by atoms with Gasteiger partial charge >= 0.3 is 0 Å². The van der Waals surface area contributed by atoms with Crippen LogP contribution >= 0.6 is 11.6 Å².